The first-order valence-corrected chi connectivity index (χ1v) is 15.3. The second kappa shape index (κ2) is 8.38. The Bertz CT molecular complexity index is 1430. The van der Waals surface area contributed by atoms with Gasteiger partial charge in [-0.1, -0.05) is 66.7 Å². The number of carbonyl (C=O) groups excluding carboxylic acids is 1. The number of rotatable bonds is 5. The molecule has 190 valence electrons. The average molecular weight is 505 g/mol. The number of cyclic esters (lactones) is 1. The van der Waals surface area contributed by atoms with Crippen molar-refractivity contribution in [3.05, 3.63) is 57.4 Å². The fourth-order valence-electron chi connectivity index (χ4n) is 7.29. The third kappa shape index (κ3) is 3.15. The molecule has 7 heteroatoms. The van der Waals surface area contributed by atoms with Crippen molar-refractivity contribution in [2.24, 2.45) is 0 Å². The first-order valence-electron chi connectivity index (χ1n) is 13.1. The molecule has 1 atom stereocenters. The molecule has 2 aliphatic rings. The Balaban J connectivity index is 1.81. The van der Waals surface area contributed by atoms with E-state index < -0.39 is 19.6 Å². The molecule has 0 radical (unpaired) electrons. The SMILES string of the molecule is CC[C@@]1(O)C(=O)OCc2c1cc1n(c2=O)Cc2cc3cccc([Si](C(C)C)(C(C)C)C(C)C)c3nc2-1. The van der Waals surface area contributed by atoms with Gasteiger partial charge in [0.05, 0.1) is 37.1 Å². The number of carbonyl (C=O) groups is 1. The van der Waals surface area contributed by atoms with Gasteiger partial charge >= 0.3 is 5.97 Å². The fourth-order valence-corrected chi connectivity index (χ4v) is 14.2. The van der Waals surface area contributed by atoms with Crippen molar-refractivity contribution in [1.29, 1.82) is 0 Å². The Morgan fingerprint density at radius 3 is 2.36 bits per heavy atom. The Morgan fingerprint density at radius 2 is 1.75 bits per heavy atom. The van der Waals surface area contributed by atoms with Gasteiger partial charge in [-0.25, -0.2) is 9.78 Å². The monoisotopic (exact) mass is 504 g/mol. The summed E-state index contributed by atoms with van der Waals surface area (Å²) in [5.74, 6) is -0.699. The van der Waals surface area contributed by atoms with E-state index in [1.54, 1.807) is 17.6 Å². The molecule has 0 aliphatic carbocycles. The maximum absolute atomic E-state index is 13.5. The predicted molar refractivity (Wildman–Crippen MR) is 145 cm³/mol. The molecule has 5 rings (SSSR count). The molecule has 1 N–H and O–H groups in total. The lowest BCUT2D eigenvalue weighted by Crippen LogP contribution is -2.56. The van der Waals surface area contributed by atoms with Crippen molar-refractivity contribution in [2.75, 3.05) is 0 Å². The number of aliphatic hydroxyl groups is 1. The highest BCUT2D eigenvalue weighted by Gasteiger charge is 2.47. The predicted octanol–water partition coefficient (Wildman–Crippen LogP) is 4.97. The number of nitrogens with zero attached hydrogens (tertiary/aromatic N) is 2. The molecule has 0 saturated heterocycles. The summed E-state index contributed by atoms with van der Waals surface area (Å²) in [6.07, 6.45) is 0.134. The molecule has 2 aromatic heterocycles. The van der Waals surface area contributed by atoms with E-state index in [0.717, 1.165) is 22.2 Å². The molecule has 1 aromatic carbocycles. The summed E-state index contributed by atoms with van der Waals surface area (Å²) in [4.78, 5) is 31.3. The molecule has 2 aliphatic heterocycles. The van der Waals surface area contributed by atoms with Crippen LogP contribution in [0.1, 0.15) is 71.6 Å². The van der Waals surface area contributed by atoms with Gasteiger partial charge in [-0.3, -0.25) is 4.79 Å². The lowest BCUT2D eigenvalue weighted by molar-refractivity contribution is -0.172. The molecule has 0 spiro atoms. The van der Waals surface area contributed by atoms with Gasteiger partial charge in [0.1, 0.15) is 6.61 Å². The second-order valence-corrected chi connectivity index (χ2v) is 17.2. The molecule has 3 aromatic rings. The number of para-hydroxylation sites is 1. The Morgan fingerprint density at radius 1 is 1.08 bits per heavy atom. The van der Waals surface area contributed by atoms with Gasteiger partial charge in [-0.2, -0.15) is 0 Å². The van der Waals surface area contributed by atoms with Crippen LogP contribution in [0.5, 0.6) is 0 Å². The Kier molecular flexibility index (Phi) is 5.80. The van der Waals surface area contributed by atoms with Crippen LogP contribution in [-0.2, 0) is 28.3 Å². The number of pyridine rings is 2. The third-order valence-corrected chi connectivity index (χ3v) is 15.9. The lowest BCUT2D eigenvalue weighted by Gasteiger charge is -2.44. The number of fused-ring (bicyclic) bond motifs is 5. The summed E-state index contributed by atoms with van der Waals surface area (Å²) in [6, 6.07) is 10.5. The quantitative estimate of drug-likeness (QED) is 0.307. The largest absolute Gasteiger partial charge is 0.458 e. The van der Waals surface area contributed by atoms with E-state index in [1.165, 1.54) is 5.19 Å². The van der Waals surface area contributed by atoms with Gasteiger partial charge < -0.3 is 14.4 Å². The maximum Gasteiger partial charge on any atom is 0.343 e. The van der Waals surface area contributed by atoms with E-state index >= 15 is 0 Å². The van der Waals surface area contributed by atoms with E-state index in [9.17, 15) is 14.7 Å². The average Bonchev–Trinajstić information content (AvgIpc) is 3.18. The standard InChI is InChI=1S/C29H36N2O4Si/c1-8-29(34)22-13-23-25-20(14-31(23)27(32)21(22)15-35-28(29)33)12-19-10-9-11-24(26(19)30-25)36(16(2)3,17(4)5)18(6)7/h9-13,16-18,34H,8,14-15H2,1-7H3/t29-/m0/s1. The van der Waals surface area contributed by atoms with Gasteiger partial charge in [0.25, 0.3) is 5.56 Å². The molecular weight excluding hydrogens is 468 g/mol. The van der Waals surface area contributed by atoms with Crippen molar-refractivity contribution >= 4 is 30.1 Å². The summed E-state index contributed by atoms with van der Waals surface area (Å²) < 4.78 is 6.91. The minimum atomic E-state index is -2.00. The highest BCUT2D eigenvalue weighted by Crippen LogP contribution is 2.43. The molecule has 6 nitrogen and oxygen atoms in total. The second-order valence-electron chi connectivity index (χ2n) is 11.4. The van der Waals surface area contributed by atoms with Crippen LogP contribution in [0.15, 0.2) is 35.1 Å². The molecule has 36 heavy (non-hydrogen) atoms. The minimum Gasteiger partial charge on any atom is -0.458 e. The van der Waals surface area contributed by atoms with Crippen LogP contribution < -0.4 is 10.7 Å². The van der Waals surface area contributed by atoms with Gasteiger partial charge in [-0.15, -0.1) is 0 Å². The number of hydrogen-bond donors (Lipinski definition) is 1. The molecular formula is C29H36N2O4Si. The van der Waals surface area contributed by atoms with E-state index in [1.807, 2.05) is 0 Å². The van der Waals surface area contributed by atoms with E-state index in [4.69, 9.17) is 9.72 Å². The van der Waals surface area contributed by atoms with Crippen LogP contribution in [-0.4, -0.2) is 28.7 Å². The molecule has 0 unspecified atom stereocenters. The summed E-state index contributed by atoms with van der Waals surface area (Å²) in [5.41, 5.74) is 3.70. The smallest absolute Gasteiger partial charge is 0.343 e. The number of esters is 1. The normalized spacial score (nSPS) is 19.1. The Labute approximate surface area is 213 Å². The van der Waals surface area contributed by atoms with E-state index in [2.05, 4.69) is 65.8 Å². The molecule has 0 bridgehead atoms. The van der Waals surface area contributed by atoms with Gasteiger partial charge in [0.15, 0.2) is 5.60 Å². The molecule has 0 fully saturated rings. The fraction of sp³-hybridized carbons (Fsp3) is 0.483. The van der Waals surface area contributed by atoms with Crippen molar-refractivity contribution in [3.8, 4) is 11.4 Å². The van der Waals surface area contributed by atoms with Crippen LogP contribution in [0, 0.1) is 0 Å². The zero-order valence-corrected chi connectivity index (χ0v) is 23.3. The highest BCUT2D eigenvalue weighted by molar-refractivity contribution is 6.96. The van der Waals surface area contributed by atoms with Crippen LogP contribution in [0.25, 0.3) is 22.3 Å². The minimum absolute atomic E-state index is 0.114. The summed E-state index contributed by atoms with van der Waals surface area (Å²) in [6.45, 7) is 16.1. The summed E-state index contributed by atoms with van der Waals surface area (Å²) in [5, 5.41) is 13.6. The molecule has 0 saturated carbocycles. The number of ether oxygens (including phenoxy) is 1. The van der Waals surface area contributed by atoms with Crippen LogP contribution in [0.3, 0.4) is 0 Å². The third-order valence-electron chi connectivity index (χ3n) is 8.87. The van der Waals surface area contributed by atoms with Crippen LogP contribution >= 0.6 is 0 Å². The number of aromatic nitrogens is 2. The molecule has 0 amide bonds. The summed E-state index contributed by atoms with van der Waals surface area (Å²) >= 11 is 0. The first kappa shape index (κ1) is 24.9. The van der Waals surface area contributed by atoms with E-state index in [-0.39, 0.29) is 18.6 Å². The van der Waals surface area contributed by atoms with Crippen LogP contribution in [0.2, 0.25) is 16.6 Å². The van der Waals surface area contributed by atoms with Crippen molar-refractivity contribution in [2.45, 2.75) is 90.3 Å². The summed E-state index contributed by atoms with van der Waals surface area (Å²) in [7, 11) is -2.00. The number of hydrogen-bond acceptors (Lipinski definition) is 5. The zero-order chi connectivity index (χ0) is 26.2. The van der Waals surface area contributed by atoms with Crippen molar-refractivity contribution in [3.63, 3.8) is 0 Å². The molecule has 4 heterocycles. The van der Waals surface area contributed by atoms with Crippen molar-refractivity contribution < 1.29 is 14.6 Å². The number of benzene rings is 1. The van der Waals surface area contributed by atoms with Crippen molar-refractivity contribution in [1.82, 2.24) is 9.55 Å². The highest BCUT2D eigenvalue weighted by atomic mass is 28.3. The van der Waals surface area contributed by atoms with E-state index in [0.29, 0.717) is 40.0 Å². The Hall–Kier alpha value is -2.77. The topological polar surface area (TPSA) is 81.4 Å². The van der Waals surface area contributed by atoms with Gasteiger partial charge in [0, 0.05) is 16.5 Å². The van der Waals surface area contributed by atoms with Crippen LogP contribution in [0.4, 0.5) is 0 Å². The zero-order valence-electron chi connectivity index (χ0n) is 22.3. The van der Waals surface area contributed by atoms with Gasteiger partial charge in [0.2, 0.25) is 0 Å². The lowest BCUT2D eigenvalue weighted by atomic mass is 9.86. The first-order chi connectivity index (χ1) is 17.0. The maximum atomic E-state index is 13.5. The van der Waals surface area contributed by atoms with Gasteiger partial charge in [-0.05, 0) is 40.4 Å².